The van der Waals surface area contributed by atoms with E-state index in [1.54, 1.807) is 7.11 Å². The average Bonchev–Trinajstić information content (AvgIpc) is 2.53. The Balaban J connectivity index is 2.40. The highest BCUT2D eigenvalue weighted by Crippen LogP contribution is 2.33. The molecule has 82 valence electrons. The molecule has 0 aliphatic heterocycles. The van der Waals surface area contributed by atoms with E-state index in [1.807, 2.05) is 0 Å². The molecule has 0 bridgehead atoms. The number of rotatable bonds is 5. The summed E-state index contributed by atoms with van der Waals surface area (Å²) in [5, 5.41) is 0. The maximum Gasteiger partial charge on any atom is 0.303 e. The third-order valence-corrected chi connectivity index (χ3v) is 2.44. The van der Waals surface area contributed by atoms with Crippen LogP contribution in [0.2, 0.25) is 0 Å². The van der Waals surface area contributed by atoms with Gasteiger partial charge in [0.25, 0.3) is 0 Å². The van der Waals surface area contributed by atoms with E-state index in [4.69, 9.17) is 14.2 Å². The van der Waals surface area contributed by atoms with Crippen molar-refractivity contribution in [1.29, 1.82) is 0 Å². The molecule has 14 heavy (non-hydrogen) atoms. The van der Waals surface area contributed by atoms with E-state index in [2.05, 4.69) is 0 Å². The number of ether oxygens (including phenoxy) is 3. The SMILES string of the molecule is COCOCC1(OC(C)=O)CCCC1. The van der Waals surface area contributed by atoms with Crippen molar-refractivity contribution in [2.24, 2.45) is 0 Å². The standard InChI is InChI=1S/C10H18O4/c1-9(11)14-10(5-3-4-6-10)7-13-8-12-2/h3-8H2,1-2H3. The van der Waals surface area contributed by atoms with Crippen LogP contribution in [0.15, 0.2) is 0 Å². The van der Waals surface area contributed by atoms with Gasteiger partial charge in [-0.2, -0.15) is 0 Å². The van der Waals surface area contributed by atoms with E-state index in [-0.39, 0.29) is 18.4 Å². The van der Waals surface area contributed by atoms with E-state index < -0.39 is 0 Å². The normalized spacial score (nSPS) is 19.6. The fourth-order valence-electron chi connectivity index (χ4n) is 1.91. The molecule has 0 unspecified atom stereocenters. The number of carbonyl (C=O) groups excluding carboxylic acids is 1. The summed E-state index contributed by atoms with van der Waals surface area (Å²) in [5.74, 6) is -0.229. The molecule has 4 nitrogen and oxygen atoms in total. The molecular formula is C10H18O4. The largest absolute Gasteiger partial charge is 0.457 e. The van der Waals surface area contributed by atoms with Crippen LogP contribution in [-0.4, -0.2) is 32.1 Å². The first-order chi connectivity index (χ1) is 6.68. The molecule has 0 spiro atoms. The van der Waals surface area contributed by atoms with Gasteiger partial charge >= 0.3 is 5.97 Å². The summed E-state index contributed by atoms with van der Waals surface area (Å²) in [4.78, 5) is 10.9. The van der Waals surface area contributed by atoms with Gasteiger partial charge in [0.05, 0.1) is 6.61 Å². The summed E-state index contributed by atoms with van der Waals surface area (Å²) < 4.78 is 15.4. The average molecular weight is 202 g/mol. The fraction of sp³-hybridized carbons (Fsp3) is 0.900. The quantitative estimate of drug-likeness (QED) is 0.385. The zero-order chi connectivity index (χ0) is 10.4. The Bertz CT molecular complexity index is 185. The summed E-state index contributed by atoms with van der Waals surface area (Å²) in [7, 11) is 1.58. The van der Waals surface area contributed by atoms with Gasteiger partial charge in [-0.3, -0.25) is 4.79 Å². The molecule has 0 atom stereocenters. The van der Waals surface area contributed by atoms with Gasteiger partial charge in [0.2, 0.25) is 0 Å². The lowest BCUT2D eigenvalue weighted by Gasteiger charge is -2.27. The first-order valence-corrected chi connectivity index (χ1v) is 4.95. The molecular weight excluding hydrogens is 184 g/mol. The van der Waals surface area contributed by atoms with Crippen molar-refractivity contribution in [3.63, 3.8) is 0 Å². The van der Waals surface area contributed by atoms with Crippen molar-refractivity contribution < 1.29 is 19.0 Å². The van der Waals surface area contributed by atoms with E-state index in [1.165, 1.54) is 6.92 Å². The minimum absolute atomic E-state index is 0.229. The molecule has 0 radical (unpaired) electrons. The molecule has 1 aliphatic carbocycles. The lowest BCUT2D eigenvalue weighted by molar-refractivity contribution is -0.168. The van der Waals surface area contributed by atoms with Crippen LogP contribution in [0, 0.1) is 0 Å². The van der Waals surface area contributed by atoms with E-state index in [0.29, 0.717) is 6.61 Å². The Labute approximate surface area is 84.5 Å². The second-order valence-corrected chi connectivity index (χ2v) is 3.74. The van der Waals surface area contributed by atoms with Crippen molar-refractivity contribution in [3.05, 3.63) is 0 Å². The zero-order valence-corrected chi connectivity index (χ0v) is 8.88. The van der Waals surface area contributed by atoms with Crippen LogP contribution in [0.4, 0.5) is 0 Å². The Morgan fingerprint density at radius 1 is 1.36 bits per heavy atom. The first-order valence-electron chi connectivity index (χ1n) is 4.95. The van der Waals surface area contributed by atoms with Crippen LogP contribution in [0.1, 0.15) is 32.6 Å². The zero-order valence-electron chi connectivity index (χ0n) is 8.88. The molecule has 0 aromatic carbocycles. The minimum atomic E-state index is -0.385. The Morgan fingerprint density at radius 3 is 2.50 bits per heavy atom. The number of carbonyl (C=O) groups is 1. The smallest absolute Gasteiger partial charge is 0.303 e. The van der Waals surface area contributed by atoms with Gasteiger partial charge in [0.15, 0.2) is 0 Å². The van der Waals surface area contributed by atoms with Gasteiger partial charge in [-0.15, -0.1) is 0 Å². The molecule has 0 aromatic heterocycles. The maximum absolute atomic E-state index is 10.9. The molecule has 0 amide bonds. The maximum atomic E-state index is 10.9. The van der Waals surface area contributed by atoms with Crippen molar-refractivity contribution in [2.45, 2.75) is 38.2 Å². The third-order valence-electron chi connectivity index (χ3n) is 2.44. The topological polar surface area (TPSA) is 44.8 Å². The predicted octanol–water partition coefficient (Wildman–Crippen LogP) is 1.48. The number of methoxy groups -OCH3 is 1. The molecule has 0 N–H and O–H groups in total. The van der Waals surface area contributed by atoms with Gasteiger partial charge in [-0.1, -0.05) is 0 Å². The van der Waals surface area contributed by atoms with Crippen LogP contribution in [0.25, 0.3) is 0 Å². The van der Waals surface area contributed by atoms with E-state index in [9.17, 15) is 4.79 Å². The summed E-state index contributed by atoms with van der Waals surface area (Å²) in [5.41, 5.74) is -0.385. The Hall–Kier alpha value is -0.610. The summed E-state index contributed by atoms with van der Waals surface area (Å²) in [6.07, 6.45) is 4.00. The number of esters is 1. The van der Waals surface area contributed by atoms with Crippen molar-refractivity contribution in [2.75, 3.05) is 20.5 Å². The lowest BCUT2D eigenvalue weighted by atomic mass is 10.0. The van der Waals surface area contributed by atoms with Gasteiger partial charge < -0.3 is 14.2 Å². The molecule has 0 saturated heterocycles. The summed E-state index contributed by atoms with van der Waals surface area (Å²) in [6.45, 7) is 2.14. The first kappa shape index (κ1) is 11.5. The van der Waals surface area contributed by atoms with E-state index in [0.717, 1.165) is 25.7 Å². The molecule has 1 aliphatic rings. The van der Waals surface area contributed by atoms with Crippen molar-refractivity contribution >= 4 is 5.97 Å². The molecule has 1 rings (SSSR count). The van der Waals surface area contributed by atoms with Gasteiger partial charge in [-0.25, -0.2) is 0 Å². The van der Waals surface area contributed by atoms with Gasteiger partial charge in [0, 0.05) is 14.0 Å². The van der Waals surface area contributed by atoms with Crippen LogP contribution in [-0.2, 0) is 19.0 Å². The van der Waals surface area contributed by atoms with Crippen LogP contribution in [0.3, 0.4) is 0 Å². The highest BCUT2D eigenvalue weighted by Gasteiger charge is 2.37. The Kier molecular flexibility index (Phi) is 4.35. The number of hydrogen-bond acceptors (Lipinski definition) is 4. The lowest BCUT2D eigenvalue weighted by Crippen LogP contribution is -2.36. The summed E-state index contributed by atoms with van der Waals surface area (Å²) >= 11 is 0. The summed E-state index contributed by atoms with van der Waals surface area (Å²) in [6, 6.07) is 0. The van der Waals surface area contributed by atoms with Crippen molar-refractivity contribution in [3.8, 4) is 0 Å². The molecule has 1 fully saturated rings. The fourth-order valence-corrected chi connectivity index (χ4v) is 1.91. The van der Waals surface area contributed by atoms with E-state index >= 15 is 0 Å². The predicted molar refractivity (Wildman–Crippen MR) is 50.8 cm³/mol. The highest BCUT2D eigenvalue weighted by atomic mass is 16.7. The third kappa shape index (κ3) is 3.27. The van der Waals surface area contributed by atoms with Crippen LogP contribution < -0.4 is 0 Å². The molecule has 4 heteroatoms. The monoisotopic (exact) mass is 202 g/mol. The highest BCUT2D eigenvalue weighted by molar-refractivity contribution is 5.66. The second-order valence-electron chi connectivity index (χ2n) is 3.74. The van der Waals surface area contributed by atoms with Crippen LogP contribution in [0.5, 0.6) is 0 Å². The van der Waals surface area contributed by atoms with Gasteiger partial charge in [0.1, 0.15) is 12.4 Å². The van der Waals surface area contributed by atoms with Crippen LogP contribution >= 0.6 is 0 Å². The molecule has 1 saturated carbocycles. The molecule has 0 heterocycles. The second kappa shape index (κ2) is 5.32. The number of hydrogen-bond donors (Lipinski definition) is 0. The molecule has 0 aromatic rings. The Morgan fingerprint density at radius 2 is 2.00 bits per heavy atom. The van der Waals surface area contributed by atoms with Crippen molar-refractivity contribution in [1.82, 2.24) is 0 Å². The minimum Gasteiger partial charge on any atom is -0.457 e. The van der Waals surface area contributed by atoms with Gasteiger partial charge in [-0.05, 0) is 25.7 Å².